The van der Waals surface area contributed by atoms with E-state index in [0.717, 1.165) is 37.2 Å². The lowest BCUT2D eigenvalue weighted by Gasteiger charge is -2.50. The van der Waals surface area contributed by atoms with Gasteiger partial charge in [0, 0.05) is 13.2 Å². The smallest absolute Gasteiger partial charge is 0.280 e. The van der Waals surface area contributed by atoms with Crippen molar-refractivity contribution in [2.45, 2.75) is 97.1 Å². The first-order chi connectivity index (χ1) is 12.8. The van der Waals surface area contributed by atoms with Crippen LogP contribution >= 0.6 is 0 Å². The predicted octanol–water partition coefficient (Wildman–Crippen LogP) is 5.59. The van der Waals surface area contributed by atoms with Gasteiger partial charge in [0.05, 0.1) is 7.11 Å². The van der Waals surface area contributed by atoms with E-state index in [2.05, 4.69) is 40.8 Å². The molecule has 1 amide bonds. The highest BCUT2D eigenvalue weighted by atomic mass is 28.4. The standard InChI is InChI=1S/C22H42FNO3Si/c1-15(19(23)20(25)24(6)26-7)16-12-13-17-18(11-10-14-22(16,17)5)27-28(8,9)21(2,3)4/h15-19H,10-14H2,1-9H3/t15?,16-,17+,18+,19?,22-/m1/s1. The maximum Gasteiger partial charge on any atom is 0.280 e. The molecule has 4 nitrogen and oxygen atoms in total. The second-order valence-corrected chi connectivity index (χ2v) is 15.6. The number of carbonyl (C=O) groups is 1. The maximum atomic E-state index is 15.0. The molecule has 0 heterocycles. The average molecular weight is 416 g/mol. The van der Waals surface area contributed by atoms with Crippen molar-refractivity contribution in [1.29, 1.82) is 0 Å². The van der Waals surface area contributed by atoms with Gasteiger partial charge >= 0.3 is 0 Å². The second kappa shape index (κ2) is 8.35. The third-order valence-electron chi connectivity index (χ3n) is 8.30. The van der Waals surface area contributed by atoms with Crippen LogP contribution in [0.15, 0.2) is 0 Å². The van der Waals surface area contributed by atoms with Crippen LogP contribution in [0.25, 0.3) is 0 Å². The summed E-state index contributed by atoms with van der Waals surface area (Å²) in [7, 11) is 1.03. The number of rotatable bonds is 6. The highest BCUT2D eigenvalue weighted by molar-refractivity contribution is 6.74. The molecule has 6 heteroatoms. The van der Waals surface area contributed by atoms with Gasteiger partial charge < -0.3 is 4.43 Å². The molecule has 2 aliphatic carbocycles. The zero-order valence-electron chi connectivity index (χ0n) is 19.5. The first-order valence-electron chi connectivity index (χ1n) is 10.9. The zero-order chi connectivity index (χ0) is 21.5. The SMILES string of the molecule is CON(C)C(=O)C(F)C(C)[C@H]1CC[C@H]2[C@@H](O[Si](C)(C)C(C)(C)C)CCC[C@]12C. The largest absolute Gasteiger partial charge is 0.414 e. The van der Waals surface area contributed by atoms with Crippen molar-refractivity contribution < 1.29 is 18.4 Å². The summed E-state index contributed by atoms with van der Waals surface area (Å²) in [5.74, 6) is -0.226. The number of alkyl halides is 1. The normalized spacial score (nSPS) is 33.3. The van der Waals surface area contributed by atoms with Crippen LogP contribution in [0.2, 0.25) is 18.1 Å². The molecule has 0 spiro atoms. The molecule has 0 N–H and O–H groups in total. The van der Waals surface area contributed by atoms with E-state index in [1.165, 1.54) is 14.2 Å². The van der Waals surface area contributed by atoms with E-state index in [9.17, 15) is 4.79 Å². The molecular weight excluding hydrogens is 373 g/mol. The van der Waals surface area contributed by atoms with Gasteiger partial charge in [0.1, 0.15) is 0 Å². The lowest BCUT2D eigenvalue weighted by molar-refractivity contribution is -0.177. The number of fused-ring (bicyclic) bond motifs is 1. The fourth-order valence-corrected chi connectivity index (χ4v) is 6.81. The van der Waals surface area contributed by atoms with Crippen LogP contribution in [0.3, 0.4) is 0 Å². The number of hydroxylamine groups is 2. The summed E-state index contributed by atoms with van der Waals surface area (Å²) in [5, 5.41) is 1.20. The van der Waals surface area contributed by atoms with Crippen LogP contribution in [-0.4, -0.2) is 45.7 Å². The molecule has 0 aromatic heterocycles. The highest BCUT2D eigenvalue weighted by Gasteiger charge is 2.56. The van der Waals surface area contributed by atoms with Crippen LogP contribution in [-0.2, 0) is 14.1 Å². The quantitative estimate of drug-likeness (QED) is 0.419. The van der Waals surface area contributed by atoms with Gasteiger partial charge in [-0.25, -0.2) is 9.45 Å². The van der Waals surface area contributed by atoms with Crippen LogP contribution in [0.4, 0.5) is 4.39 Å². The van der Waals surface area contributed by atoms with Crippen molar-refractivity contribution in [2.75, 3.05) is 14.2 Å². The maximum absolute atomic E-state index is 15.0. The fraction of sp³-hybridized carbons (Fsp3) is 0.955. The Balaban J connectivity index is 2.18. The minimum Gasteiger partial charge on any atom is -0.414 e. The zero-order valence-corrected chi connectivity index (χ0v) is 20.5. The topological polar surface area (TPSA) is 38.8 Å². The Morgan fingerprint density at radius 2 is 1.86 bits per heavy atom. The van der Waals surface area contributed by atoms with Gasteiger partial charge in [-0.3, -0.25) is 9.63 Å². The van der Waals surface area contributed by atoms with Crippen LogP contribution in [0, 0.1) is 23.2 Å². The van der Waals surface area contributed by atoms with E-state index in [0.29, 0.717) is 5.92 Å². The summed E-state index contributed by atoms with van der Waals surface area (Å²) in [5.41, 5.74) is 0.0426. The number of halogens is 1. The molecule has 2 unspecified atom stereocenters. The van der Waals surface area contributed by atoms with E-state index >= 15 is 4.39 Å². The molecule has 0 radical (unpaired) electrons. The summed E-state index contributed by atoms with van der Waals surface area (Å²) in [4.78, 5) is 17.2. The predicted molar refractivity (Wildman–Crippen MR) is 114 cm³/mol. The van der Waals surface area contributed by atoms with Crippen molar-refractivity contribution in [3.8, 4) is 0 Å². The molecule has 164 valence electrons. The van der Waals surface area contributed by atoms with Crippen molar-refractivity contribution >= 4 is 14.2 Å². The molecule has 0 saturated heterocycles. The number of nitrogens with zero attached hydrogens (tertiary/aromatic N) is 1. The van der Waals surface area contributed by atoms with Crippen molar-refractivity contribution in [2.24, 2.45) is 23.2 Å². The number of hydrogen-bond acceptors (Lipinski definition) is 3. The molecule has 2 saturated carbocycles. The molecule has 2 fully saturated rings. The molecule has 0 aromatic rings. The Bertz CT molecular complexity index is 564. The third-order valence-corrected chi connectivity index (χ3v) is 12.8. The second-order valence-electron chi connectivity index (χ2n) is 10.9. The van der Waals surface area contributed by atoms with Crippen LogP contribution in [0.5, 0.6) is 0 Å². The summed E-state index contributed by atoms with van der Waals surface area (Å²) < 4.78 is 21.9. The molecule has 0 aromatic carbocycles. The lowest BCUT2D eigenvalue weighted by Crippen LogP contribution is -2.51. The van der Waals surface area contributed by atoms with E-state index in [1.54, 1.807) is 0 Å². The fourth-order valence-electron chi connectivity index (χ4n) is 5.41. The van der Waals surface area contributed by atoms with Gasteiger partial charge in [0.15, 0.2) is 14.5 Å². The van der Waals surface area contributed by atoms with Crippen molar-refractivity contribution in [3.05, 3.63) is 0 Å². The van der Waals surface area contributed by atoms with Gasteiger partial charge in [-0.15, -0.1) is 0 Å². The Kier molecular flexibility index (Phi) is 7.10. The Labute approximate surface area is 172 Å². The Morgan fingerprint density at radius 1 is 1.25 bits per heavy atom. The van der Waals surface area contributed by atoms with E-state index in [4.69, 9.17) is 9.26 Å². The van der Waals surface area contributed by atoms with Crippen LogP contribution < -0.4 is 0 Å². The number of amides is 1. The first-order valence-corrected chi connectivity index (χ1v) is 13.8. The molecule has 2 rings (SSSR count). The van der Waals surface area contributed by atoms with E-state index in [1.807, 2.05) is 6.92 Å². The molecular formula is C22H42FNO3Si. The minimum absolute atomic E-state index is 0.0426. The summed E-state index contributed by atoms with van der Waals surface area (Å²) in [6, 6.07) is 0. The van der Waals surface area contributed by atoms with Crippen molar-refractivity contribution in [1.82, 2.24) is 5.06 Å². The molecule has 0 bridgehead atoms. The summed E-state index contributed by atoms with van der Waals surface area (Å²) >= 11 is 0. The monoisotopic (exact) mass is 415 g/mol. The van der Waals surface area contributed by atoms with Crippen molar-refractivity contribution in [3.63, 3.8) is 0 Å². The third kappa shape index (κ3) is 4.34. The van der Waals surface area contributed by atoms with Gasteiger partial charge in [-0.1, -0.05) is 41.0 Å². The Hall–Kier alpha value is -0.463. The summed E-state index contributed by atoms with van der Waals surface area (Å²) in [6.45, 7) is 15.7. The van der Waals surface area contributed by atoms with E-state index in [-0.39, 0.29) is 28.4 Å². The molecule has 6 atom stereocenters. The van der Waals surface area contributed by atoms with Gasteiger partial charge in [0.2, 0.25) is 0 Å². The number of hydrogen-bond donors (Lipinski definition) is 0. The minimum atomic E-state index is -1.85. The van der Waals surface area contributed by atoms with Gasteiger partial charge in [-0.05, 0) is 67.0 Å². The van der Waals surface area contributed by atoms with E-state index < -0.39 is 20.4 Å². The molecule has 28 heavy (non-hydrogen) atoms. The average Bonchev–Trinajstić information content (AvgIpc) is 2.95. The molecule has 2 aliphatic rings. The number of carbonyl (C=O) groups excluding carboxylic acids is 1. The van der Waals surface area contributed by atoms with Gasteiger partial charge in [0.25, 0.3) is 5.91 Å². The van der Waals surface area contributed by atoms with Crippen LogP contribution in [0.1, 0.15) is 66.7 Å². The first kappa shape index (κ1) is 23.8. The Morgan fingerprint density at radius 3 is 2.39 bits per heavy atom. The highest BCUT2D eigenvalue weighted by Crippen LogP contribution is 2.59. The summed E-state index contributed by atoms with van der Waals surface area (Å²) in [6.07, 6.45) is 4.14. The lowest BCUT2D eigenvalue weighted by atomic mass is 9.61. The molecule has 0 aliphatic heterocycles. The van der Waals surface area contributed by atoms with Gasteiger partial charge in [-0.2, -0.15) is 0 Å².